The summed E-state index contributed by atoms with van der Waals surface area (Å²) in [6.45, 7) is 0. The summed E-state index contributed by atoms with van der Waals surface area (Å²) >= 11 is 0. The summed E-state index contributed by atoms with van der Waals surface area (Å²) in [5.74, 6) is -1.24. The first-order valence-corrected chi connectivity index (χ1v) is 8.50. The van der Waals surface area contributed by atoms with Gasteiger partial charge >= 0.3 is 0 Å². The number of nitro benzene ring substituents is 1. The number of benzene rings is 2. The normalized spacial score (nSPS) is 17.9. The number of aliphatic hydroxyl groups is 1. The molecule has 0 radical (unpaired) electrons. The van der Waals surface area contributed by atoms with Gasteiger partial charge in [0.15, 0.2) is 0 Å². The first-order chi connectivity index (χ1) is 14.0. The predicted molar refractivity (Wildman–Crippen MR) is 99.8 cm³/mol. The van der Waals surface area contributed by atoms with Crippen LogP contribution >= 0.6 is 0 Å². The summed E-state index contributed by atoms with van der Waals surface area (Å²) < 4.78 is 5.57. The Morgan fingerprint density at radius 3 is 2.76 bits per heavy atom. The summed E-state index contributed by atoms with van der Waals surface area (Å²) in [5, 5.41) is 33.3. The monoisotopic (exact) mass is 389 g/mol. The number of nitro groups is 1. The Balaban J connectivity index is 1.60. The maximum absolute atomic E-state index is 12.5. The van der Waals surface area contributed by atoms with E-state index in [1.54, 1.807) is 6.07 Å². The lowest BCUT2D eigenvalue weighted by molar-refractivity contribution is -0.385. The van der Waals surface area contributed by atoms with Crippen LogP contribution in [0.5, 0.6) is 0 Å². The van der Waals surface area contributed by atoms with Crippen molar-refractivity contribution >= 4 is 28.2 Å². The second-order valence-electron chi connectivity index (χ2n) is 6.45. The molecule has 1 atom stereocenters. The van der Waals surface area contributed by atoms with Crippen LogP contribution in [0.25, 0.3) is 22.5 Å². The number of carbonyl (C=O) groups excluding carboxylic acids is 1. The number of para-hydroxylation sites is 1. The van der Waals surface area contributed by atoms with E-state index in [1.165, 1.54) is 12.1 Å². The number of nitrogens with one attached hydrogen (secondary N) is 1. The molecule has 1 amide bonds. The van der Waals surface area contributed by atoms with E-state index in [-0.39, 0.29) is 22.8 Å². The van der Waals surface area contributed by atoms with Gasteiger partial charge in [0.25, 0.3) is 23.4 Å². The zero-order valence-electron chi connectivity index (χ0n) is 14.6. The molecule has 3 heterocycles. The molecular weight excluding hydrogens is 378 g/mol. The van der Waals surface area contributed by atoms with Crippen LogP contribution in [-0.4, -0.2) is 31.1 Å². The zero-order chi connectivity index (χ0) is 20.2. The van der Waals surface area contributed by atoms with Gasteiger partial charge in [0.05, 0.1) is 10.4 Å². The fourth-order valence-corrected chi connectivity index (χ4v) is 3.26. The van der Waals surface area contributed by atoms with Crippen LogP contribution in [0.4, 0.5) is 11.4 Å². The Kier molecular flexibility index (Phi) is 3.45. The molecule has 2 aromatic heterocycles. The van der Waals surface area contributed by atoms with E-state index >= 15 is 0 Å². The highest BCUT2D eigenvalue weighted by molar-refractivity contribution is 6.06. The first-order valence-electron chi connectivity index (χ1n) is 8.50. The molecule has 29 heavy (non-hydrogen) atoms. The van der Waals surface area contributed by atoms with Crippen molar-refractivity contribution in [2.24, 2.45) is 0 Å². The fraction of sp³-hybridized carbons (Fsp3) is 0.0526. The van der Waals surface area contributed by atoms with Gasteiger partial charge in [0.1, 0.15) is 5.69 Å². The molecule has 142 valence electrons. The molecule has 0 saturated carbocycles. The quantitative estimate of drug-likeness (QED) is 0.401. The Labute approximate surface area is 162 Å². The van der Waals surface area contributed by atoms with Crippen molar-refractivity contribution < 1.29 is 19.2 Å². The standard InChI is InChI=1S/C19H11N5O5/c25-17-19(26,12-9-11(24(27)28)6-8-14(12)21-17)18-23-22-16(29-18)15-7-5-10-3-1-2-4-13(10)20-15/h1-9,26H,(H,21,25). The second-order valence-corrected chi connectivity index (χ2v) is 6.45. The number of rotatable bonds is 3. The number of pyridine rings is 1. The van der Waals surface area contributed by atoms with Gasteiger partial charge in [0.2, 0.25) is 5.60 Å². The minimum atomic E-state index is -2.34. The largest absolute Gasteiger partial charge is 0.415 e. The predicted octanol–water partition coefficient (Wildman–Crippen LogP) is 2.38. The number of amides is 1. The van der Waals surface area contributed by atoms with Crippen molar-refractivity contribution in [3.05, 3.63) is 76.2 Å². The topological polar surface area (TPSA) is 144 Å². The molecule has 0 spiro atoms. The number of nitrogens with zero attached hydrogens (tertiary/aromatic N) is 4. The van der Waals surface area contributed by atoms with Crippen molar-refractivity contribution in [2.75, 3.05) is 5.32 Å². The number of carbonyl (C=O) groups is 1. The SMILES string of the molecule is O=C1Nc2ccc([N+](=O)[O-])cc2C1(O)c1nnc(-c2ccc3ccccc3n2)o1. The van der Waals surface area contributed by atoms with Gasteiger partial charge < -0.3 is 14.8 Å². The van der Waals surface area contributed by atoms with Gasteiger partial charge in [-0.25, -0.2) is 4.98 Å². The van der Waals surface area contributed by atoms with Crippen molar-refractivity contribution in [3.63, 3.8) is 0 Å². The molecule has 5 rings (SSSR count). The molecule has 1 unspecified atom stereocenters. The van der Waals surface area contributed by atoms with E-state index in [9.17, 15) is 20.0 Å². The van der Waals surface area contributed by atoms with E-state index < -0.39 is 22.3 Å². The molecule has 10 heteroatoms. The smallest absolute Gasteiger partial charge is 0.271 e. The van der Waals surface area contributed by atoms with Crippen LogP contribution in [-0.2, 0) is 10.4 Å². The van der Waals surface area contributed by atoms with E-state index in [1.807, 2.05) is 30.3 Å². The molecular formula is C19H11N5O5. The lowest BCUT2D eigenvalue weighted by atomic mass is 9.95. The molecule has 1 aliphatic rings. The zero-order valence-corrected chi connectivity index (χ0v) is 14.6. The van der Waals surface area contributed by atoms with Crippen LogP contribution in [0.2, 0.25) is 0 Å². The average Bonchev–Trinajstić information content (AvgIpc) is 3.32. The molecule has 0 saturated heterocycles. The van der Waals surface area contributed by atoms with E-state index in [0.717, 1.165) is 11.5 Å². The van der Waals surface area contributed by atoms with Gasteiger partial charge in [0, 0.05) is 28.8 Å². The van der Waals surface area contributed by atoms with Crippen molar-refractivity contribution in [3.8, 4) is 11.6 Å². The molecule has 1 aliphatic heterocycles. The molecule has 0 fully saturated rings. The van der Waals surface area contributed by atoms with Gasteiger partial charge in [-0.1, -0.05) is 24.3 Å². The Bertz CT molecular complexity index is 1320. The second kappa shape index (κ2) is 5.91. The third-order valence-corrected chi connectivity index (χ3v) is 4.73. The Morgan fingerprint density at radius 1 is 1.10 bits per heavy atom. The summed E-state index contributed by atoms with van der Waals surface area (Å²) in [6.07, 6.45) is 0. The lowest BCUT2D eigenvalue weighted by Crippen LogP contribution is -2.35. The molecule has 2 N–H and O–H groups in total. The number of hydrogen-bond donors (Lipinski definition) is 2. The van der Waals surface area contributed by atoms with Crippen molar-refractivity contribution in [2.45, 2.75) is 5.60 Å². The number of non-ortho nitro benzene ring substituents is 1. The summed E-state index contributed by atoms with van der Waals surface area (Å²) in [7, 11) is 0. The van der Waals surface area contributed by atoms with Crippen LogP contribution in [0, 0.1) is 10.1 Å². The molecule has 10 nitrogen and oxygen atoms in total. The van der Waals surface area contributed by atoms with E-state index in [2.05, 4.69) is 20.5 Å². The lowest BCUT2D eigenvalue weighted by Gasteiger charge is -2.15. The highest BCUT2D eigenvalue weighted by Gasteiger charge is 2.52. The van der Waals surface area contributed by atoms with Crippen LogP contribution in [0.15, 0.2) is 59.0 Å². The minimum absolute atomic E-state index is 0.00542. The number of fused-ring (bicyclic) bond motifs is 2. The van der Waals surface area contributed by atoms with Gasteiger partial charge in [-0.2, -0.15) is 0 Å². The number of anilines is 1. The van der Waals surface area contributed by atoms with Gasteiger partial charge in [-0.05, 0) is 18.2 Å². The number of aromatic nitrogens is 3. The number of hydrogen-bond acceptors (Lipinski definition) is 8. The molecule has 0 aliphatic carbocycles. The maximum atomic E-state index is 12.5. The Morgan fingerprint density at radius 2 is 1.93 bits per heavy atom. The Hall–Kier alpha value is -4.18. The average molecular weight is 389 g/mol. The molecule has 4 aromatic rings. The third-order valence-electron chi connectivity index (χ3n) is 4.73. The molecule has 2 aromatic carbocycles. The van der Waals surface area contributed by atoms with Crippen molar-refractivity contribution in [1.29, 1.82) is 0 Å². The van der Waals surface area contributed by atoms with Crippen LogP contribution < -0.4 is 5.32 Å². The highest BCUT2D eigenvalue weighted by Crippen LogP contribution is 2.42. The van der Waals surface area contributed by atoms with E-state index in [0.29, 0.717) is 11.2 Å². The third kappa shape index (κ3) is 2.47. The summed E-state index contributed by atoms with van der Waals surface area (Å²) in [6, 6.07) is 14.6. The minimum Gasteiger partial charge on any atom is -0.415 e. The van der Waals surface area contributed by atoms with Gasteiger partial charge in [-0.15, -0.1) is 10.2 Å². The summed E-state index contributed by atoms with van der Waals surface area (Å²) in [4.78, 5) is 27.4. The van der Waals surface area contributed by atoms with Crippen LogP contribution in [0.3, 0.4) is 0 Å². The van der Waals surface area contributed by atoms with Crippen LogP contribution in [0.1, 0.15) is 11.5 Å². The maximum Gasteiger partial charge on any atom is 0.271 e. The highest BCUT2D eigenvalue weighted by atomic mass is 16.6. The fourth-order valence-electron chi connectivity index (χ4n) is 3.26. The molecule has 0 bridgehead atoms. The van der Waals surface area contributed by atoms with Gasteiger partial charge in [-0.3, -0.25) is 14.9 Å². The van der Waals surface area contributed by atoms with Crippen molar-refractivity contribution in [1.82, 2.24) is 15.2 Å². The van der Waals surface area contributed by atoms with E-state index in [4.69, 9.17) is 4.42 Å². The first kappa shape index (κ1) is 17.0. The summed E-state index contributed by atoms with van der Waals surface area (Å²) in [5.41, 5.74) is -1.35.